The number of halogens is 3. The number of benzene rings is 3. The molecule has 0 aliphatic carbocycles. The molecule has 1 atom stereocenters. The van der Waals surface area contributed by atoms with Crippen LogP contribution in [0.2, 0.25) is 10.0 Å². The Morgan fingerprint density at radius 2 is 1.74 bits per heavy atom. The molecule has 34 heavy (non-hydrogen) atoms. The van der Waals surface area contributed by atoms with Gasteiger partial charge < -0.3 is 5.32 Å². The zero-order valence-electron chi connectivity index (χ0n) is 18.0. The van der Waals surface area contributed by atoms with Crippen LogP contribution in [0.4, 0.5) is 5.69 Å². The smallest absolute Gasteiger partial charge is 0.240 e. The quantitative estimate of drug-likeness (QED) is 0.340. The summed E-state index contributed by atoms with van der Waals surface area (Å²) < 4.78 is 27.9. The van der Waals surface area contributed by atoms with E-state index < -0.39 is 15.9 Å². The summed E-state index contributed by atoms with van der Waals surface area (Å²) in [4.78, 5) is 12.5. The fraction of sp³-hybridized carbons (Fsp3) is 0.167. The van der Waals surface area contributed by atoms with E-state index in [0.717, 1.165) is 15.6 Å². The van der Waals surface area contributed by atoms with Gasteiger partial charge in [0.25, 0.3) is 0 Å². The second-order valence-corrected chi connectivity index (χ2v) is 11.0. The van der Waals surface area contributed by atoms with Crippen LogP contribution >= 0.6 is 39.1 Å². The summed E-state index contributed by atoms with van der Waals surface area (Å²) in [6.45, 7) is 1.73. The van der Waals surface area contributed by atoms with E-state index in [1.54, 1.807) is 55.5 Å². The first-order chi connectivity index (χ1) is 16.1. The predicted molar refractivity (Wildman–Crippen MR) is 138 cm³/mol. The zero-order chi connectivity index (χ0) is 24.9. The molecular weight excluding hydrogens is 561 g/mol. The van der Waals surface area contributed by atoms with Crippen molar-refractivity contribution in [1.82, 2.24) is 4.72 Å². The summed E-state index contributed by atoms with van der Waals surface area (Å²) in [7, 11) is -3.72. The Morgan fingerprint density at radius 1 is 1.09 bits per heavy atom. The van der Waals surface area contributed by atoms with Gasteiger partial charge in [0.1, 0.15) is 0 Å². The molecule has 0 aliphatic rings. The molecule has 3 aromatic rings. The average Bonchev–Trinajstić information content (AvgIpc) is 2.78. The van der Waals surface area contributed by atoms with E-state index in [2.05, 4.69) is 32.0 Å². The third kappa shape index (κ3) is 6.59. The van der Waals surface area contributed by atoms with E-state index in [1.165, 1.54) is 12.1 Å². The van der Waals surface area contributed by atoms with Crippen molar-refractivity contribution >= 4 is 60.7 Å². The van der Waals surface area contributed by atoms with Gasteiger partial charge in [0, 0.05) is 33.2 Å². The average molecular weight is 581 g/mol. The highest BCUT2D eigenvalue weighted by molar-refractivity contribution is 9.10. The molecule has 6 nitrogen and oxygen atoms in total. The maximum Gasteiger partial charge on any atom is 0.240 e. The summed E-state index contributed by atoms with van der Waals surface area (Å²) in [5.74, 6) is -0.971. The minimum Gasteiger partial charge on any atom is -0.326 e. The number of sulfonamides is 1. The first-order valence-electron chi connectivity index (χ1n) is 10.1. The normalized spacial score (nSPS) is 12.1. The Bertz CT molecular complexity index is 1340. The fourth-order valence-electron chi connectivity index (χ4n) is 3.25. The van der Waals surface area contributed by atoms with E-state index in [4.69, 9.17) is 23.2 Å². The van der Waals surface area contributed by atoms with Crippen LogP contribution in [0, 0.1) is 18.3 Å². The van der Waals surface area contributed by atoms with Gasteiger partial charge in [0.05, 0.1) is 16.9 Å². The van der Waals surface area contributed by atoms with Crippen LogP contribution in [0.15, 0.2) is 70.0 Å². The molecule has 1 amide bonds. The summed E-state index contributed by atoms with van der Waals surface area (Å²) in [5, 5.41) is 13.4. The highest BCUT2D eigenvalue weighted by Crippen LogP contribution is 2.34. The van der Waals surface area contributed by atoms with Gasteiger partial charge in [0.15, 0.2) is 0 Å². The standard InChI is InChI=1S/C24H20BrCl2N3O3S/c1-15-12-20(21(14-28)16-2-6-18(26)7-3-16)22(27)13-23(15)30-24(31)10-11-29-34(32,33)19-8-4-17(25)5-9-19/h2-9,12-13,21,29H,10-11H2,1H3,(H,30,31). The number of hydrogen-bond acceptors (Lipinski definition) is 4. The number of anilines is 1. The van der Waals surface area contributed by atoms with Crippen LogP contribution in [-0.4, -0.2) is 20.9 Å². The monoisotopic (exact) mass is 579 g/mol. The molecule has 3 rings (SSSR count). The Morgan fingerprint density at radius 3 is 2.35 bits per heavy atom. The molecule has 0 fully saturated rings. The lowest BCUT2D eigenvalue weighted by atomic mass is 9.91. The van der Waals surface area contributed by atoms with Crippen molar-refractivity contribution in [2.45, 2.75) is 24.2 Å². The molecule has 0 saturated heterocycles. The molecule has 0 heterocycles. The van der Waals surface area contributed by atoms with Crippen molar-refractivity contribution in [3.63, 3.8) is 0 Å². The number of aryl methyl sites for hydroxylation is 1. The van der Waals surface area contributed by atoms with Gasteiger partial charge in [-0.1, -0.05) is 57.3 Å². The van der Waals surface area contributed by atoms with Gasteiger partial charge in [-0.25, -0.2) is 13.1 Å². The third-order valence-electron chi connectivity index (χ3n) is 5.03. The summed E-state index contributed by atoms with van der Waals surface area (Å²) >= 11 is 15.7. The van der Waals surface area contributed by atoms with Crippen molar-refractivity contribution in [3.8, 4) is 6.07 Å². The Balaban J connectivity index is 1.66. The lowest BCUT2D eigenvalue weighted by Crippen LogP contribution is -2.28. The molecule has 3 aromatic carbocycles. The van der Waals surface area contributed by atoms with Gasteiger partial charge in [-0.05, 0) is 66.1 Å². The minimum atomic E-state index is -3.72. The molecule has 10 heteroatoms. The molecule has 0 aliphatic heterocycles. The van der Waals surface area contributed by atoms with Gasteiger partial charge in [-0.15, -0.1) is 0 Å². The molecule has 0 spiro atoms. The Labute approximate surface area is 217 Å². The number of nitrogens with zero attached hydrogens (tertiary/aromatic N) is 1. The highest BCUT2D eigenvalue weighted by atomic mass is 79.9. The maximum absolute atomic E-state index is 12.4. The molecule has 0 radical (unpaired) electrons. The SMILES string of the molecule is Cc1cc(C(C#N)c2ccc(Cl)cc2)c(Cl)cc1NC(=O)CCNS(=O)(=O)c1ccc(Br)cc1. The maximum atomic E-state index is 12.4. The lowest BCUT2D eigenvalue weighted by Gasteiger charge is -2.16. The van der Waals surface area contributed by atoms with Crippen molar-refractivity contribution in [1.29, 1.82) is 5.26 Å². The summed E-state index contributed by atoms with van der Waals surface area (Å²) in [5.41, 5.74) is 2.58. The largest absolute Gasteiger partial charge is 0.326 e. The van der Waals surface area contributed by atoms with E-state index in [0.29, 0.717) is 21.3 Å². The van der Waals surface area contributed by atoms with E-state index in [1.807, 2.05) is 0 Å². The molecule has 1 unspecified atom stereocenters. The van der Waals surface area contributed by atoms with Crippen molar-refractivity contribution in [2.75, 3.05) is 11.9 Å². The van der Waals surface area contributed by atoms with Crippen LogP contribution in [0.3, 0.4) is 0 Å². The number of amides is 1. The first kappa shape index (κ1) is 26.2. The van der Waals surface area contributed by atoms with E-state index in [9.17, 15) is 18.5 Å². The predicted octanol–water partition coefficient (Wildman–Crippen LogP) is 6.03. The van der Waals surface area contributed by atoms with Crippen LogP contribution in [0.1, 0.15) is 29.0 Å². The summed E-state index contributed by atoms with van der Waals surface area (Å²) in [6, 6.07) is 18.8. The van der Waals surface area contributed by atoms with E-state index in [-0.39, 0.29) is 23.8 Å². The Kier molecular flexibility index (Phi) is 8.74. The van der Waals surface area contributed by atoms with Gasteiger partial charge in [-0.3, -0.25) is 4.79 Å². The topological polar surface area (TPSA) is 99.1 Å². The number of carbonyl (C=O) groups excluding carboxylic acids is 1. The molecule has 0 aromatic heterocycles. The first-order valence-corrected chi connectivity index (χ1v) is 13.1. The highest BCUT2D eigenvalue weighted by Gasteiger charge is 2.19. The van der Waals surface area contributed by atoms with Crippen LogP contribution < -0.4 is 10.0 Å². The molecular formula is C24H20BrCl2N3O3S. The number of nitrogens with one attached hydrogen (secondary N) is 2. The lowest BCUT2D eigenvalue weighted by molar-refractivity contribution is -0.116. The second kappa shape index (κ2) is 11.3. The van der Waals surface area contributed by atoms with Crippen molar-refractivity contribution < 1.29 is 13.2 Å². The third-order valence-corrected chi connectivity index (χ3v) is 7.61. The van der Waals surface area contributed by atoms with Crippen LogP contribution in [0.25, 0.3) is 0 Å². The number of rotatable bonds is 8. The Hall–Kier alpha value is -2.41. The number of carbonyl (C=O) groups is 1. The van der Waals surface area contributed by atoms with Gasteiger partial charge in [-0.2, -0.15) is 5.26 Å². The van der Waals surface area contributed by atoms with Gasteiger partial charge in [0.2, 0.25) is 15.9 Å². The van der Waals surface area contributed by atoms with Crippen molar-refractivity contribution in [2.24, 2.45) is 0 Å². The fourth-order valence-corrected chi connectivity index (χ4v) is 4.94. The summed E-state index contributed by atoms with van der Waals surface area (Å²) in [6.07, 6.45) is -0.0693. The molecule has 176 valence electrons. The number of nitriles is 1. The van der Waals surface area contributed by atoms with Crippen LogP contribution in [0.5, 0.6) is 0 Å². The van der Waals surface area contributed by atoms with Crippen molar-refractivity contribution in [3.05, 3.63) is 91.9 Å². The number of hydrogen-bond donors (Lipinski definition) is 2. The zero-order valence-corrected chi connectivity index (χ0v) is 21.9. The van der Waals surface area contributed by atoms with Crippen LogP contribution in [-0.2, 0) is 14.8 Å². The molecule has 2 N–H and O–H groups in total. The van der Waals surface area contributed by atoms with Gasteiger partial charge >= 0.3 is 0 Å². The molecule has 0 saturated carbocycles. The molecule has 0 bridgehead atoms. The minimum absolute atomic E-state index is 0.0673. The van der Waals surface area contributed by atoms with E-state index >= 15 is 0 Å². The second-order valence-electron chi connectivity index (χ2n) is 7.45.